The summed E-state index contributed by atoms with van der Waals surface area (Å²) in [7, 11) is 0. The number of hydrogen-bond acceptors (Lipinski definition) is 3. The third kappa shape index (κ3) is 2.13. The molecule has 1 aromatic rings. The predicted octanol–water partition coefficient (Wildman–Crippen LogP) is 1.35. The Kier molecular flexibility index (Phi) is 3.00. The monoisotopic (exact) mass is 271 g/mol. The molecule has 4 rings (SSSR count). The highest BCUT2D eigenvalue weighted by Crippen LogP contribution is 2.34. The van der Waals surface area contributed by atoms with Gasteiger partial charge in [-0.25, -0.2) is 0 Å². The summed E-state index contributed by atoms with van der Waals surface area (Å²) in [4.78, 5) is 16.9. The van der Waals surface area contributed by atoms with Gasteiger partial charge in [0.15, 0.2) is 0 Å². The first-order valence-corrected chi connectivity index (χ1v) is 7.66. The van der Waals surface area contributed by atoms with Gasteiger partial charge in [0, 0.05) is 25.2 Å². The van der Waals surface area contributed by atoms with Crippen LogP contribution in [0, 0.1) is 0 Å². The van der Waals surface area contributed by atoms with Crippen molar-refractivity contribution in [2.75, 3.05) is 19.6 Å². The van der Waals surface area contributed by atoms with Gasteiger partial charge in [-0.3, -0.25) is 15.0 Å². The molecule has 0 spiro atoms. The Bertz CT molecular complexity index is 500. The number of nitrogens with zero attached hydrogens (tertiary/aromatic N) is 2. The molecule has 0 bridgehead atoms. The fourth-order valence-corrected chi connectivity index (χ4v) is 3.61. The van der Waals surface area contributed by atoms with Gasteiger partial charge >= 0.3 is 0 Å². The van der Waals surface area contributed by atoms with E-state index in [0.29, 0.717) is 12.6 Å². The van der Waals surface area contributed by atoms with E-state index in [4.69, 9.17) is 0 Å². The van der Waals surface area contributed by atoms with E-state index in [1.807, 2.05) is 18.2 Å². The Morgan fingerprint density at radius 2 is 1.85 bits per heavy atom. The van der Waals surface area contributed by atoms with Crippen LogP contribution in [0.5, 0.6) is 0 Å². The fraction of sp³-hybridized carbons (Fsp3) is 0.562. The number of hydrogen-bond donors (Lipinski definition) is 1. The molecule has 106 valence electrons. The highest BCUT2D eigenvalue weighted by atomic mass is 16.2. The second-order valence-electron chi connectivity index (χ2n) is 6.16. The van der Waals surface area contributed by atoms with E-state index in [2.05, 4.69) is 27.2 Å². The van der Waals surface area contributed by atoms with Gasteiger partial charge in [0.2, 0.25) is 5.91 Å². The number of likely N-dealkylation sites (tertiary alicyclic amines) is 1. The molecule has 0 aromatic heterocycles. The quantitative estimate of drug-likeness (QED) is 0.901. The van der Waals surface area contributed by atoms with E-state index in [1.54, 1.807) is 0 Å². The Hall–Kier alpha value is -1.39. The molecular weight excluding hydrogens is 250 g/mol. The standard InChI is InChI=1S/C16H21N3O/c20-15-10-17-16(12-4-2-1-3-5-12)19(15)14-8-9-18(11-14)13-6-7-13/h1-5,13-14,16-17H,6-11H2. The van der Waals surface area contributed by atoms with E-state index in [1.165, 1.54) is 18.4 Å². The smallest absolute Gasteiger partial charge is 0.238 e. The summed E-state index contributed by atoms with van der Waals surface area (Å²) in [5.74, 6) is 0.251. The number of carbonyl (C=O) groups excluding carboxylic acids is 1. The maximum Gasteiger partial charge on any atom is 0.238 e. The molecule has 3 aliphatic rings. The lowest BCUT2D eigenvalue weighted by molar-refractivity contribution is -0.130. The SMILES string of the molecule is O=C1CNC(c2ccccc2)N1C1CCN(C2CC2)C1. The Labute approximate surface area is 119 Å². The predicted molar refractivity (Wildman–Crippen MR) is 77.0 cm³/mol. The van der Waals surface area contributed by atoms with Crippen molar-refractivity contribution in [2.24, 2.45) is 0 Å². The number of carbonyl (C=O) groups is 1. The van der Waals surface area contributed by atoms with Gasteiger partial charge in [-0.2, -0.15) is 0 Å². The van der Waals surface area contributed by atoms with Gasteiger partial charge in [0.25, 0.3) is 0 Å². The van der Waals surface area contributed by atoms with Crippen LogP contribution in [-0.2, 0) is 4.79 Å². The summed E-state index contributed by atoms with van der Waals surface area (Å²) < 4.78 is 0. The molecule has 2 aliphatic heterocycles. The second kappa shape index (κ2) is 4.86. The highest BCUT2D eigenvalue weighted by Gasteiger charge is 2.42. The summed E-state index contributed by atoms with van der Waals surface area (Å²) in [5, 5.41) is 3.37. The molecule has 1 amide bonds. The van der Waals surface area contributed by atoms with Crippen LogP contribution in [-0.4, -0.2) is 47.4 Å². The van der Waals surface area contributed by atoms with Crippen molar-refractivity contribution in [3.63, 3.8) is 0 Å². The largest absolute Gasteiger partial charge is 0.317 e. The first kappa shape index (κ1) is 12.4. The van der Waals surface area contributed by atoms with E-state index in [-0.39, 0.29) is 12.1 Å². The van der Waals surface area contributed by atoms with Crippen LogP contribution in [0.3, 0.4) is 0 Å². The van der Waals surface area contributed by atoms with Crippen LogP contribution in [0.1, 0.15) is 31.0 Å². The molecule has 3 fully saturated rings. The molecule has 1 aliphatic carbocycles. The molecular formula is C16H21N3O. The minimum atomic E-state index is 0.0628. The van der Waals surface area contributed by atoms with Crippen LogP contribution in [0.15, 0.2) is 30.3 Å². The maximum atomic E-state index is 12.3. The minimum absolute atomic E-state index is 0.0628. The first-order chi connectivity index (χ1) is 9.83. The zero-order valence-electron chi connectivity index (χ0n) is 11.7. The zero-order valence-corrected chi connectivity index (χ0v) is 11.7. The molecule has 2 heterocycles. The highest BCUT2D eigenvalue weighted by molar-refractivity contribution is 5.81. The van der Waals surface area contributed by atoms with Gasteiger partial charge in [-0.1, -0.05) is 30.3 Å². The van der Waals surface area contributed by atoms with Crippen LogP contribution in [0.25, 0.3) is 0 Å². The van der Waals surface area contributed by atoms with Crippen LogP contribution < -0.4 is 5.32 Å². The van der Waals surface area contributed by atoms with Crippen LogP contribution >= 0.6 is 0 Å². The Balaban J connectivity index is 1.53. The van der Waals surface area contributed by atoms with E-state index < -0.39 is 0 Å². The average molecular weight is 271 g/mol. The van der Waals surface area contributed by atoms with Crippen molar-refractivity contribution in [3.8, 4) is 0 Å². The number of amides is 1. The van der Waals surface area contributed by atoms with Crippen LogP contribution in [0.4, 0.5) is 0 Å². The van der Waals surface area contributed by atoms with Crippen LogP contribution in [0.2, 0.25) is 0 Å². The lowest BCUT2D eigenvalue weighted by Gasteiger charge is -2.30. The van der Waals surface area contributed by atoms with Crippen molar-refractivity contribution in [1.29, 1.82) is 0 Å². The third-order valence-corrected chi connectivity index (χ3v) is 4.78. The molecule has 2 unspecified atom stereocenters. The Morgan fingerprint density at radius 1 is 1.05 bits per heavy atom. The average Bonchev–Trinajstić information content (AvgIpc) is 3.09. The second-order valence-corrected chi connectivity index (χ2v) is 6.16. The number of rotatable bonds is 3. The topological polar surface area (TPSA) is 35.6 Å². The van der Waals surface area contributed by atoms with Gasteiger partial charge in [-0.15, -0.1) is 0 Å². The lowest BCUT2D eigenvalue weighted by Crippen LogP contribution is -2.41. The third-order valence-electron chi connectivity index (χ3n) is 4.78. The van der Waals surface area contributed by atoms with E-state index in [9.17, 15) is 4.79 Å². The molecule has 2 saturated heterocycles. The van der Waals surface area contributed by atoms with Crippen molar-refractivity contribution in [1.82, 2.24) is 15.1 Å². The molecule has 4 nitrogen and oxygen atoms in total. The van der Waals surface area contributed by atoms with Gasteiger partial charge in [0.05, 0.1) is 6.54 Å². The molecule has 4 heteroatoms. The fourth-order valence-electron chi connectivity index (χ4n) is 3.61. The van der Waals surface area contributed by atoms with E-state index >= 15 is 0 Å². The van der Waals surface area contributed by atoms with Gasteiger partial charge in [-0.05, 0) is 24.8 Å². The van der Waals surface area contributed by atoms with Crippen molar-refractivity contribution in [3.05, 3.63) is 35.9 Å². The summed E-state index contributed by atoms with van der Waals surface area (Å²) in [6.45, 7) is 2.68. The van der Waals surface area contributed by atoms with Gasteiger partial charge < -0.3 is 4.90 Å². The zero-order chi connectivity index (χ0) is 13.5. The molecule has 1 N–H and O–H groups in total. The molecule has 0 radical (unpaired) electrons. The first-order valence-electron chi connectivity index (χ1n) is 7.66. The molecule has 2 atom stereocenters. The lowest BCUT2D eigenvalue weighted by atomic mass is 10.1. The van der Waals surface area contributed by atoms with E-state index in [0.717, 1.165) is 25.6 Å². The summed E-state index contributed by atoms with van der Waals surface area (Å²) in [6, 6.07) is 11.5. The van der Waals surface area contributed by atoms with Crippen molar-refractivity contribution < 1.29 is 4.79 Å². The van der Waals surface area contributed by atoms with Crippen molar-refractivity contribution in [2.45, 2.75) is 37.5 Å². The minimum Gasteiger partial charge on any atom is -0.317 e. The normalized spacial score (nSPS) is 31.2. The Morgan fingerprint density at radius 3 is 2.60 bits per heavy atom. The van der Waals surface area contributed by atoms with Gasteiger partial charge in [0.1, 0.15) is 6.17 Å². The molecule has 1 saturated carbocycles. The van der Waals surface area contributed by atoms with Crippen molar-refractivity contribution >= 4 is 5.91 Å². The molecule has 1 aromatic carbocycles. The molecule has 20 heavy (non-hydrogen) atoms. The maximum absolute atomic E-state index is 12.3. The summed E-state index contributed by atoms with van der Waals surface area (Å²) in [5.41, 5.74) is 1.20. The number of benzene rings is 1. The summed E-state index contributed by atoms with van der Waals surface area (Å²) >= 11 is 0. The summed E-state index contributed by atoms with van der Waals surface area (Å²) in [6.07, 6.45) is 3.88. The number of nitrogens with one attached hydrogen (secondary N) is 1.